The highest BCUT2D eigenvalue weighted by atomic mass is 16.5. The lowest BCUT2D eigenvalue weighted by Crippen LogP contribution is -2.21. The van der Waals surface area contributed by atoms with Gasteiger partial charge < -0.3 is 20.7 Å². The van der Waals surface area contributed by atoms with Gasteiger partial charge in [-0.2, -0.15) is 0 Å². The Bertz CT molecular complexity index is 941. The molecule has 6 nitrogen and oxygen atoms in total. The molecule has 3 aromatic rings. The van der Waals surface area contributed by atoms with Gasteiger partial charge in [0.2, 0.25) is 5.91 Å². The number of carbonyl (C=O) groups excluding carboxylic acids is 2. The van der Waals surface area contributed by atoms with Crippen molar-refractivity contribution in [3.05, 3.63) is 84.4 Å². The average Bonchev–Trinajstić information content (AvgIpc) is 2.73. The first kappa shape index (κ1) is 19.0. The molecule has 0 heterocycles. The standard InChI is InChI=1S/C22H21N3O3/c1-28-20-12-10-17(11-13-20)23-15-21(26)24-18-8-5-9-19(14-18)25-22(27)16-6-3-2-4-7-16/h2-14,23H,15H2,1H3,(H,24,26)(H,25,27). The van der Waals surface area contributed by atoms with Crippen LogP contribution in [0.3, 0.4) is 0 Å². The zero-order chi connectivity index (χ0) is 19.8. The van der Waals surface area contributed by atoms with Gasteiger partial charge in [-0.25, -0.2) is 0 Å². The number of amides is 2. The minimum atomic E-state index is -0.203. The molecule has 0 aliphatic rings. The lowest BCUT2D eigenvalue weighted by atomic mass is 10.2. The highest BCUT2D eigenvalue weighted by molar-refractivity contribution is 6.04. The second-order valence-electron chi connectivity index (χ2n) is 6.03. The van der Waals surface area contributed by atoms with Gasteiger partial charge in [0.25, 0.3) is 5.91 Å². The van der Waals surface area contributed by atoms with Crippen molar-refractivity contribution in [3.63, 3.8) is 0 Å². The molecule has 0 fully saturated rings. The molecule has 0 radical (unpaired) electrons. The molecule has 3 aromatic carbocycles. The van der Waals surface area contributed by atoms with Crippen LogP contribution in [-0.2, 0) is 4.79 Å². The van der Waals surface area contributed by atoms with E-state index >= 15 is 0 Å². The van der Waals surface area contributed by atoms with Crippen molar-refractivity contribution < 1.29 is 14.3 Å². The zero-order valence-electron chi connectivity index (χ0n) is 15.4. The minimum Gasteiger partial charge on any atom is -0.497 e. The lowest BCUT2D eigenvalue weighted by molar-refractivity contribution is -0.114. The molecule has 0 spiro atoms. The van der Waals surface area contributed by atoms with E-state index in [4.69, 9.17) is 4.74 Å². The first-order valence-electron chi connectivity index (χ1n) is 8.78. The Labute approximate surface area is 163 Å². The number of nitrogens with one attached hydrogen (secondary N) is 3. The molecule has 0 aliphatic carbocycles. The Morgan fingerprint density at radius 2 is 1.46 bits per heavy atom. The summed E-state index contributed by atoms with van der Waals surface area (Å²) in [4.78, 5) is 24.4. The summed E-state index contributed by atoms with van der Waals surface area (Å²) in [6.45, 7) is 0.118. The van der Waals surface area contributed by atoms with E-state index in [1.54, 1.807) is 55.6 Å². The maximum atomic E-state index is 12.2. The molecule has 0 aliphatic heterocycles. The summed E-state index contributed by atoms with van der Waals surface area (Å²) in [5, 5.41) is 8.68. The molecule has 0 unspecified atom stereocenters. The molecule has 3 N–H and O–H groups in total. The van der Waals surface area contributed by atoms with Crippen molar-refractivity contribution in [1.82, 2.24) is 0 Å². The van der Waals surface area contributed by atoms with Crippen LogP contribution >= 0.6 is 0 Å². The van der Waals surface area contributed by atoms with Crippen molar-refractivity contribution in [2.75, 3.05) is 29.6 Å². The van der Waals surface area contributed by atoms with Crippen molar-refractivity contribution in [2.45, 2.75) is 0 Å². The van der Waals surface area contributed by atoms with E-state index < -0.39 is 0 Å². The van der Waals surface area contributed by atoms with Crippen LogP contribution in [-0.4, -0.2) is 25.5 Å². The Kier molecular flexibility index (Phi) is 6.25. The molecule has 0 atom stereocenters. The van der Waals surface area contributed by atoms with Crippen LogP contribution in [0, 0.1) is 0 Å². The van der Waals surface area contributed by atoms with E-state index in [-0.39, 0.29) is 18.4 Å². The Morgan fingerprint density at radius 1 is 0.786 bits per heavy atom. The van der Waals surface area contributed by atoms with Gasteiger partial charge >= 0.3 is 0 Å². The molecule has 28 heavy (non-hydrogen) atoms. The summed E-state index contributed by atoms with van der Waals surface area (Å²) in [5.74, 6) is 0.358. The van der Waals surface area contributed by atoms with Crippen LogP contribution in [0.15, 0.2) is 78.9 Å². The predicted molar refractivity (Wildman–Crippen MR) is 111 cm³/mol. The van der Waals surface area contributed by atoms with Crippen LogP contribution in [0.5, 0.6) is 5.75 Å². The number of ether oxygens (including phenoxy) is 1. The molecular weight excluding hydrogens is 354 g/mol. The summed E-state index contributed by atoms with van der Waals surface area (Å²) in [6, 6.07) is 23.3. The Morgan fingerprint density at radius 3 is 2.14 bits per heavy atom. The van der Waals surface area contributed by atoms with Gasteiger partial charge in [0, 0.05) is 22.6 Å². The molecule has 3 rings (SSSR count). The van der Waals surface area contributed by atoms with Gasteiger partial charge in [-0.1, -0.05) is 24.3 Å². The highest BCUT2D eigenvalue weighted by Gasteiger charge is 2.07. The van der Waals surface area contributed by atoms with Gasteiger partial charge in [-0.15, -0.1) is 0 Å². The van der Waals surface area contributed by atoms with Gasteiger partial charge in [-0.3, -0.25) is 9.59 Å². The van der Waals surface area contributed by atoms with Gasteiger partial charge in [0.1, 0.15) is 5.75 Å². The first-order chi connectivity index (χ1) is 13.6. The molecule has 0 saturated carbocycles. The smallest absolute Gasteiger partial charge is 0.255 e. The van der Waals surface area contributed by atoms with E-state index in [9.17, 15) is 9.59 Å². The largest absolute Gasteiger partial charge is 0.497 e. The normalized spacial score (nSPS) is 10.0. The van der Waals surface area contributed by atoms with E-state index in [1.165, 1.54) is 0 Å². The SMILES string of the molecule is COc1ccc(NCC(=O)Nc2cccc(NC(=O)c3ccccc3)c2)cc1. The third-order valence-corrected chi connectivity index (χ3v) is 3.98. The lowest BCUT2D eigenvalue weighted by Gasteiger charge is -2.10. The van der Waals surface area contributed by atoms with Crippen molar-refractivity contribution in [2.24, 2.45) is 0 Å². The third-order valence-electron chi connectivity index (χ3n) is 3.98. The number of anilines is 3. The number of methoxy groups -OCH3 is 1. The van der Waals surface area contributed by atoms with Crippen LogP contribution in [0.25, 0.3) is 0 Å². The zero-order valence-corrected chi connectivity index (χ0v) is 15.4. The van der Waals surface area contributed by atoms with Crippen molar-refractivity contribution in [1.29, 1.82) is 0 Å². The summed E-state index contributed by atoms with van der Waals surface area (Å²) in [7, 11) is 1.60. The second kappa shape index (κ2) is 9.23. The van der Waals surface area contributed by atoms with Crippen LogP contribution in [0.4, 0.5) is 17.1 Å². The third kappa shape index (κ3) is 5.35. The van der Waals surface area contributed by atoms with E-state index in [1.807, 2.05) is 30.3 Å². The van der Waals surface area contributed by atoms with Crippen LogP contribution < -0.4 is 20.7 Å². The molecule has 0 saturated heterocycles. The fourth-order valence-corrected chi connectivity index (χ4v) is 2.56. The molecule has 142 valence electrons. The summed E-state index contributed by atoms with van der Waals surface area (Å²) in [5.41, 5.74) is 2.60. The summed E-state index contributed by atoms with van der Waals surface area (Å²) in [6.07, 6.45) is 0. The van der Waals surface area contributed by atoms with Crippen molar-refractivity contribution in [3.8, 4) is 5.75 Å². The number of hydrogen-bond acceptors (Lipinski definition) is 4. The molecule has 2 amide bonds. The van der Waals surface area contributed by atoms with Gasteiger partial charge in [0.15, 0.2) is 0 Å². The van der Waals surface area contributed by atoms with Gasteiger partial charge in [0.05, 0.1) is 13.7 Å². The van der Waals surface area contributed by atoms with Crippen LogP contribution in [0.1, 0.15) is 10.4 Å². The predicted octanol–water partition coefficient (Wildman–Crippen LogP) is 4.00. The number of hydrogen-bond donors (Lipinski definition) is 3. The fourth-order valence-electron chi connectivity index (χ4n) is 2.56. The maximum absolute atomic E-state index is 12.2. The van der Waals surface area contributed by atoms with Crippen molar-refractivity contribution >= 4 is 28.9 Å². The molecule has 0 aromatic heterocycles. The van der Waals surface area contributed by atoms with Gasteiger partial charge in [-0.05, 0) is 54.6 Å². The average molecular weight is 375 g/mol. The van der Waals surface area contributed by atoms with E-state index in [2.05, 4.69) is 16.0 Å². The first-order valence-corrected chi connectivity index (χ1v) is 8.78. The topological polar surface area (TPSA) is 79.5 Å². The number of rotatable bonds is 7. The summed E-state index contributed by atoms with van der Waals surface area (Å²) >= 11 is 0. The molecular formula is C22H21N3O3. The monoisotopic (exact) mass is 375 g/mol. The fraction of sp³-hybridized carbons (Fsp3) is 0.0909. The second-order valence-corrected chi connectivity index (χ2v) is 6.03. The quantitative estimate of drug-likeness (QED) is 0.583. The molecule has 6 heteroatoms. The Hall–Kier alpha value is -3.80. The summed E-state index contributed by atoms with van der Waals surface area (Å²) < 4.78 is 5.10. The maximum Gasteiger partial charge on any atom is 0.255 e. The highest BCUT2D eigenvalue weighted by Crippen LogP contribution is 2.17. The molecule has 0 bridgehead atoms. The van der Waals surface area contributed by atoms with Crippen LogP contribution in [0.2, 0.25) is 0 Å². The van der Waals surface area contributed by atoms with E-state index in [0.717, 1.165) is 11.4 Å². The number of benzene rings is 3. The van der Waals surface area contributed by atoms with E-state index in [0.29, 0.717) is 16.9 Å². The number of carbonyl (C=O) groups is 2. The minimum absolute atomic E-state index is 0.118. The Balaban J connectivity index is 1.54.